The van der Waals surface area contributed by atoms with Gasteiger partial charge in [-0.05, 0) is 74.0 Å². The van der Waals surface area contributed by atoms with Gasteiger partial charge in [0.2, 0.25) is 0 Å². The van der Waals surface area contributed by atoms with Crippen molar-refractivity contribution in [3.63, 3.8) is 0 Å². The van der Waals surface area contributed by atoms with Crippen molar-refractivity contribution in [2.24, 2.45) is 17.8 Å². The Labute approximate surface area is 116 Å². The predicted molar refractivity (Wildman–Crippen MR) is 79.2 cm³/mol. The van der Waals surface area contributed by atoms with E-state index >= 15 is 0 Å². The van der Waals surface area contributed by atoms with Crippen LogP contribution in [0, 0.1) is 17.8 Å². The molecule has 1 nitrogen and oxygen atoms in total. The molecular formula is C18H25N. The van der Waals surface area contributed by atoms with Gasteiger partial charge in [0, 0.05) is 6.04 Å². The number of benzene rings is 1. The summed E-state index contributed by atoms with van der Waals surface area (Å²) >= 11 is 0. The number of hydrogen-bond donors (Lipinski definition) is 1. The van der Waals surface area contributed by atoms with E-state index in [1.54, 1.807) is 5.56 Å². The van der Waals surface area contributed by atoms with Crippen LogP contribution in [0.15, 0.2) is 24.3 Å². The van der Waals surface area contributed by atoms with Gasteiger partial charge in [0.05, 0.1) is 0 Å². The van der Waals surface area contributed by atoms with E-state index in [-0.39, 0.29) is 0 Å². The zero-order valence-corrected chi connectivity index (χ0v) is 11.9. The van der Waals surface area contributed by atoms with E-state index in [0.29, 0.717) is 6.04 Å². The Morgan fingerprint density at radius 3 is 2.21 bits per heavy atom. The Hall–Kier alpha value is -0.820. The summed E-state index contributed by atoms with van der Waals surface area (Å²) in [4.78, 5) is 0. The van der Waals surface area contributed by atoms with Crippen molar-refractivity contribution >= 4 is 0 Å². The normalized spacial score (nSPS) is 34.7. The second kappa shape index (κ2) is 4.63. The standard InChI is InChI=1S/C18H25N/c1-19-18(17-10-15-9-16(15)11-17)14-7-5-13(6-8-14)12-3-2-4-12/h5-8,12,15-19H,2-4,9-11H2,1H3. The summed E-state index contributed by atoms with van der Waals surface area (Å²) in [7, 11) is 2.13. The Morgan fingerprint density at radius 1 is 1.00 bits per heavy atom. The molecule has 0 heterocycles. The maximum atomic E-state index is 3.58. The Balaban J connectivity index is 1.49. The van der Waals surface area contributed by atoms with Gasteiger partial charge < -0.3 is 5.32 Å². The summed E-state index contributed by atoms with van der Waals surface area (Å²) in [6, 6.07) is 10.1. The Bertz CT molecular complexity index is 435. The number of rotatable bonds is 4. The lowest BCUT2D eigenvalue weighted by Gasteiger charge is -2.28. The minimum atomic E-state index is 0.586. The molecule has 0 radical (unpaired) electrons. The van der Waals surface area contributed by atoms with Crippen LogP contribution in [0.2, 0.25) is 0 Å². The van der Waals surface area contributed by atoms with E-state index in [1.807, 2.05) is 0 Å². The van der Waals surface area contributed by atoms with Gasteiger partial charge >= 0.3 is 0 Å². The van der Waals surface area contributed by atoms with Crippen LogP contribution in [0.1, 0.15) is 61.6 Å². The van der Waals surface area contributed by atoms with Gasteiger partial charge in [0.1, 0.15) is 0 Å². The molecule has 0 aliphatic heterocycles. The van der Waals surface area contributed by atoms with Crippen LogP contribution < -0.4 is 5.32 Å². The average molecular weight is 255 g/mol. The summed E-state index contributed by atoms with van der Waals surface area (Å²) in [5.74, 6) is 3.90. The van der Waals surface area contributed by atoms with Crippen molar-refractivity contribution in [1.82, 2.24) is 5.32 Å². The summed E-state index contributed by atoms with van der Waals surface area (Å²) < 4.78 is 0. The molecule has 3 unspecified atom stereocenters. The first-order chi connectivity index (χ1) is 9.35. The minimum absolute atomic E-state index is 0.586. The maximum Gasteiger partial charge on any atom is 0.0346 e. The lowest BCUT2D eigenvalue weighted by Crippen LogP contribution is -2.24. The molecule has 102 valence electrons. The summed E-state index contributed by atoms with van der Waals surface area (Å²) in [5, 5.41) is 3.58. The SMILES string of the molecule is CNC(c1ccc(C2CCC2)cc1)C1CC2CC2C1. The molecule has 1 aromatic carbocycles. The first-order valence-corrected chi connectivity index (χ1v) is 8.12. The molecule has 0 saturated heterocycles. The maximum absolute atomic E-state index is 3.58. The molecule has 0 aromatic heterocycles. The fraction of sp³-hybridized carbons (Fsp3) is 0.667. The fourth-order valence-electron chi connectivity index (χ4n) is 4.43. The van der Waals surface area contributed by atoms with Crippen LogP contribution in [0.5, 0.6) is 0 Å². The first kappa shape index (κ1) is 12.0. The van der Waals surface area contributed by atoms with Gasteiger partial charge in [0.25, 0.3) is 0 Å². The lowest BCUT2D eigenvalue weighted by molar-refractivity contribution is 0.359. The van der Waals surface area contributed by atoms with Crippen molar-refractivity contribution in [3.8, 4) is 0 Å². The van der Waals surface area contributed by atoms with Crippen LogP contribution >= 0.6 is 0 Å². The molecule has 0 bridgehead atoms. The summed E-state index contributed by atoms with van der Waals surface area (Å²) in [6.07, 6.45) is 8.67. The molecule has 3 atom stereocenters. The van der Waals surface area contributed by atoms with Crippen molar-refractivity contribution < 1.29 is 0 Å². The molecule has 3 saturated carbocycles. The van der Waals surface area contributed by atoms with E-state index in [9.17, 15) is 0 Å². The third-order valence-corrected chi connectivity index (χ3v) is 5.93. The molecule has 1 heteroatoms. The predicted octanol–water partition coefficient (Wildman–Crippen LogP) is 4.26. The lowest BCUT2D eigenvalue weighted by atomic mass is 9.79. The highest BCUT2D eigenvalue weighted by Gasteiger charge is 2.47. The topological polar surface area (TPSA) is 12.0 Å². The molecule has 0 amide bonds. The van der Waals surface area contributed by atoms with E-state index < -0.39 is 0 Å². The van der Waals surface area contributed by atoms with Crippen LogP contribution in [-0.4, -0.2) is 7.05 Å². The van der Waals surface area contributed by atoms with Gasteiger partial charge in [-0.2, -0.15) is 0 Å². The second-order valence-electron chi connectivity index (χ2n) is 7.05. The van der Waals surface area contributed by atoms with Gasteiger partial charge in [-0.1, -0.05) is 30.7 Å². The van der Waals surface area contributed by atoms with Crippen molar-refractivity contribution in [1.29, 1.82) is 0 Å². The third-order valence-electron chi connectivity index (χ3n) is 5.93. The highest BCUT2D eigenvalue weighted by molar-refractivity contribution is 5.29. The second-order valence-corrected chi connectivity index (χ2v) is 7.05. The number of fused-ring (bicyclic) bond motifs is 1. The zero-order chi connectivity index (χ0) is 12.8. The minimum Gasteiger partial charge on any atom is -0.313 e. The summed E-state index contributed by atoms with van der Waals surface area (Å²) in [6.45, 7) is 0. The molecule has 1 N–H and O–H groups in total. The highest BCUT2D eigenvalue weighted by Crippen LogP contribution is 2.57. The third kappa shape index (κ3) is 2.12. The van der Waals surface area contributed by atoms with Crippen molar-refractivity contribution in [3.05, 3.63) is 35.4 Å². The Morgan fingerprint density at radius 2 is 1.68 bits per heavy atom. The molecule has 0 spiro atoms. The van der Waals surface area contributed by atoms with Crippen LogP contribution in [-0.2, 0) is 0 Å². The van der Waals surface area contributed by atoms with Crippen LogP contribution in [0.4, 0.5) is 0 Å². The van der Waals surface area contributed by atoms with Gasteiger partial charge in [0.15, 0.2) is 0 Å². The average Bonchev–Trinajstić information content (AvgIpc) is 2.98. The first-order valence-electron chi connectivity index (χ1n) is 8.12. The largest absolute Gasteiger partial charge is 0.313 e. The van der Waals surface area contributed by atoms with E-state index in [0.717, 1.165) is 23.7 Å². The smallest absolute Gasteiger partial charge is 0.0346 e. The van der Waals surface area contributed by atoms with Gasteiger partial charge in [-0.3, -0.25) is 0 Å². The van der Waals surface area contributed by atoms with Crippen molar-refractivity contribution in [2.75, 3.05) is 7.05 Å². The number of hydrogen-bond acceptors (Lipinski definition) is 1. The molecule has 19 heavy (non-hydrogen) atoms. The highest BCUT2D eigenvalue weighted by atomic mass is 14.9. The van der Waals surface area contributed by atoms with E-state index in [2.05, 4.69) is 36.6 Å². The zero-order valence-electron chi connectivity index (χ0n) is 11.9. The molecular weight excluding hydrogens is 230 g/mol. The summed E-state index contributed by atoms with van der Waals surface area (Å²) in [5.41, 5.74) is 3.08. The molecule has 3 aliphatic carbocycles. The van der Waals surface area contributed by atoms with Gasteiger partial charge in [-0.25, -0.2) is 0 Å². The fourth-order valence-corrected chi connectivity index (χ4v) is 4.43. The number of nitrogens with one attached hydrogen (secondary N) is 1. The van der Waals surface area contributed by atoms with Gasteiger partial charge in [-0.15, -0.1) is 0 Å². The van der Waals surface area contributed by atoms with E-state index in [4.69, 9.17) is 0 Å². The van der Waals surface area contributed by atoms with Crippen molar-refractivity contribution in [2.45, 2.75) is 50.5 Å². The molecule has 4 rings (SSSR count). The molecule has 1 aromatic rings. The molecule has 3 fully saturated rings. The van der Waals surface area contributed by atoms with E-state index in [1.165, 1.54) is 44.1 Å². The quantitative estimate of drug-likeness (QED) is 0.847. The molecule has 3 aliphatic rings. The monoisotopic (exact) mass is 255 g/mol. The Kier molecular flexibility index (Phi) is 2.91. The van der Waals surface area contributed by atoms with Crippen LogP contribution in [0.3, 0.4) is 0 Å². The van der Waals surface area contributed by atoms with Crippen LogP contribution in [0.25, 0.3) is 0 Å².